The third-order valence-corrected chi connectivity index (χ3v) is 4.70. The molecule has 126 valence electrons. The van der Waals surface area contributed by atoms with Gasteiger partial charge in [-0.25, -0.2) is 15.0 Å². The van der Waals surface area contributed by atoms with Gasteiger partial charge >= 0.3 is 5.69 Å². The molecule has 0 bridgehead atoms. The molecule has 8 nitrogen and oxygen atoms in total. The monoisotopic (exact) mass is 346 g/mol. The summed E-state index contributed by atoms with van der Waals surface area (Å²) >= 11 is 1.26. The number of nitro groups is 1. The fraction of sp³-hybridized carbons (Fsp3) is 0.333. The lowest BCUT2D eigenvalue weighted by atomic mass is 10.4. The summed E-state index contributed by atoms with van der Waals surface area (Å²) in [5, 5.41) is 13.9. The predicted octanol–water partition coefficient (Wildman–Crippen LogP) is 2.11. The zero-order valence-corrected chi connectivity index (χ0v) is 14.1. The summed E-state index contributed by atoms with van der Waals surface area (Å²) in [5.74, 6) is 0.234. The van der Waals surface area contributed by atoms with E-state index in [1.54, 1.807) is 0 Å². The second-order valence-electron chi connectivity index (χ2n) is 5.45. The number of aromatic nitrogens is 2. The Hall–Kier alpha value is -2.23. The molecule has 24 heavy (non-hydrogen) atoms. The molecule has 0 saturated carbocycles. The average molecular weight is 346 g/mol. The molecule has 0 amide bonds. The van der Waals surface area contributed by atoms with E-state index in [2.05, 4.69) is 27.3 Å². The number of piperazine rings is 1. The summed E-state index contributed by atoms with van der Waals surface area (Å²) in [6.45, 7) is 3.35. The zero-order valence-electron chi connectivity index (χ0n) is 13.3. The van der Waals surface area contributed by atoms with Crippen LogP contribution in [0.3, 0.4) is 0 Å². The van der Waals surface area contributed by atoms with E-state index in [0.717, 1.165) is 31.1 Å². The first-order chi connectivity index (χ1) is 11.6. The van der Waals surface area contributed by atoms with Gasteiger partial charge in [0.1, 0.15) is 6.33 Å². The fourth-order valence-electron chi connectivity index (χ4n) is 2.35. The van der Waals surface area contributed by atoms with Gasteiger partial charge in [0.25, 0.3) is 0 Å². The highest BCUT2D eigenvalue weighted by atomic mass is 32.2. The van der Waals surface area contributed by atoms with Crippen LogP contribution in [0.15, 0.2) is 46.6 Å². The third-order valence-electron chi connectivity index (χ3n) is 3.70. The van der Waals surface area contributed by atoms with Crippen molar-refractivity contribution in [2.75, 3.05) is 38.7 Å². The van der Waals surface area contributed by atoms with E-state index in [4.69, 9.17) is 0 Å². The maximum atomic E-state index is 11.6. The number of anilines is 1. The van der Waals surface area contributed by atoms with Gasteiger partial charge in [-0.2, -0.15) is 0 Å². The highest BCUT2D eigenvalue weighted by Crippen LogP contribution is 2.36. The van der Waals surface area contributed by atoms with Crippen LogP contribution in [0, 0.1) is 10.1 Å². The van der Waals surface area contributed by atoms with Gasteiger partial charge in [-0.3, -0.25) is 15.5 Å². The van der Waals surface area contributed by atoms with Crippen LogP contribution in [0.5, 0.6) is 0 Å². The van der Waals surface area contributed by atoms with E-state index in [-0.39, 0.29) is 11.5 Å². The van der Waals surface area contributed by atoms with Crippen LogP contribution in [0.25, 0.3) is 0 Å². The quantitative estimate of drug-likeness (QED) is 0.500. The zero-order chi connectivity index (χ0) is 16.9. The summed E-state index contributed by atoms with van der Waals surface area (Å²) in [4.78, 5) is 22.4. The molecule has 1 aromatic heterocycles. The number of benzene rings is 1. The van der Waals surface area contributed by atoms with E-state index in [1.807, 2.05) is 35.3 Å². The van der Waals surface area contributed by atoms with Crippen molar-refractivity contribution in [2.24, 2.45) is 0 Å². The van der Waals surface area contributed by atoms with Gasteiger partial charge in [0.2, 0.25) is 5.82 Å². The number of nitrogens with zero attached hydrogens (tertiary/aromatic N) is 5. The van der Waals surface area contributed by atoms with Crippen LogP contribution < -0.4 is 5.43 Å². The van der Waals surface area contributed by atoms with Crippen molar-refractivity contribution in [1.82, 2.24) is 19.9 Å². The molecule has 1 saturated heterocycles. The molecule has 1 aliphatic rings. The molecule has 0 aliphatic carbocycles. The molecule has 1 aliphatic heterocycles. The Morgan fingerprint density at radius 2 is 1.88 bits per heavy atom. The molecule has 1 fully saturated rings. The minimum Gasteiger partial charge on any atom is -0.304 e. The number of likely N-dealkylation sites (N-methyl/N-ethyl adjacent to an activating group) is 1. The summed E-state index contributed by atoms with van der Waals surface area (Å²) in [5.41, 5.74) is 2.99. The molecular formula is C15H18N6O2S. The third kappa shape index (κ3) is 3.99. The van der Waals surface area contributed by atoms with E-state index < -0.39 is 4.92 Å². The van der Waals surface area contributed by atoms with Crippen LogP contribution in [0.1, 0.15) is 0 Å². The maximum Gasteiger partial charge on any atom is 0.344 e. The van der Waals surface area contributed by atoms with Crippen LogP contribution in [0.4, 0.5) is 11.5 Å². The van der Waals surface area contributed by atoms with Gasteiger partial charge in [0, 0.05) is 31.1 Å². The minimum atomic E-state index is -0.427. The van der Waals surface area contributed by atoms with Crippen molar-refractivity contribution in [3.63, 3.8) is 0 Å². The number of nitrogens with one attached hydrogen (secondary N) is 1. The number of hydrazine groups is 1. The van der Waals surface area contributed by atoms with Crippen molar-refractivity contribution < 1.29 is 4.92 Å². The Morgan fingerprint density at radius 1 is 1.17 bits per heavy atom. The lowest BCUT2D eigenvalue weighted by molar-refractivity contribution is -0.387. The molecule has 2 heterocycles. The van der Waals surface area contributed by atoms with Gasteiger partial charge in [-0.05, 0) is 19.2 Å². The largest absolute Gasteiger partial charge is 0.344 e. The Morgan fingerprint density at radius 3 is 2.54 bits per heavy atom. The smallest absolute Gasteiger partial charge is 0.304 e. The van der Waals surface area contributed by atoms with Crippen molar-refractivity contribution in [1.29, 1.82) is 0 Å². The van der Waals surface area contributed by atoms with Crippen molar-refractivity contribution in [2.45, 2.75) is 9.92 Å². The van der Waals surface area contributed by atoms with Gasteiger partial charge < -0.3 is 4.90 Å². The Kier molecular flexibility index (Phi) is 5.24. The van der Waals surface area contributed by atoms with Gasteiger partial charge in [-0.1, -0.05) is 30.0 Å². The number of hydrogen-bond acceptors (Lipinski definition) is 8. The molecule has 1 N–H and O–H groups in total. The first-order valence-electron chi connectivity index (χ1n) is 7.56. The maximum absolute atomic E-state index is 11.6. The van der Waals surface area contributed by atoms with E-state index in [1.165, 1.54) is 18.1 Å². The van der Waals surface area contributed by atoms with Crippen LogP contribution in [0.2, 0.25) is 0 Å². The SMILES string of the molecule is CN1CCN(Nc2ncnc(Sc3ccccc3)c2[N+](=O)[O-])CC1. The van der Waals surface area contributed by atoms with E-state index in [9.17, 15) is 10.1 Å². The lowest BCUT2D eigenvalue weighted by Gasteiger charge is -2.32. The topological polar surface area (TPSA) is 87.4 Å². The molecular weight excluding hydrogens is 328 g/mol. The number of rotatable bonds is 5. The van der Waals surface area contributed by atoms with Crippen molar-refractivity contribution in [3.05, 3.63) is 46.8 Å². The van der Waals surface area contributed by atoms with Gasteiger partial charge in [-0.15, -0.1) is 0 Å². The van der Waals surface area contributed by atoms with Crippen molar-refractivity contribution >= 4 is 23.3 Å². The van der Waals surface area contributed by atoms with E-state index in [0.29, 0.717) is 5.03 Å². The Labute approximate surface area is 144 Å². The normalized spacial score (nSPS) is 16.0. The molecule has 9 heteroatoms. The van der Waals surface area contributed by atoms with Gasteiger partial charge in [0.05, 0.1) is 4.92 Å². The molecule has 0 atom stereocenters. The lowest BCUT2D eigenvalue weighted by Crippen LogP contribution is -2.47. The summed E-state index contributed by atoms with van der Waals surface area (Å²) in [6, 6.07) is 9.46. The van der Waals surface area contributed by atoms with Crippen LogP contribution >= 0.6 is 11.8 Å². The average Bonchev–Trinajstić information content (AvgIpc) is 2.58. The minimum absolute atomic E-state index is 0.0923. The highest BCUT2D eigenvalue weighted by molar-refractivity contribution is 7.99. The molecule has 3 rings (SSSR count). The van der Waals surface area contributed by atoms with E-state index >= 15 is 0 Å². The first-order valence-corrected chi connectivity index (χ1v) is 8.37. The molecule has 0 radical (unpaired) electrons. The molecule has 1 aromatic carbocycles. The second-order valence-corrected chi connectivity index (χ2v) is 6.51. The standard InChI is InChI=1S/C15H18N6O2S/c1-19-7-9-20(10-8-19)18-14-13(21(22)23)15(17-11-16-14)24-12-5-3-2-4-6-12/h2-6,11H,7-10H2,1H3,(H,16,17,18). The van der Waals surface area contributed by atoms with Gasteiger partial charge in [0.15, 0.2) is 5.03 Å². The fourth-order valence-corrected chi connectivity index (χ4v) is 3.24. The summed E-state index contributed by atoms with van der Waals surface area (Å²) in [6.07, 6.45) is 1.36. The second kappa shape index (κ2) is 7.56. The molecule has 0 unspecified atom stereocenters. The Bertz CT molecular complexity index is 706. The molecule has 0 spiro atoms. The predicted molar refractivity (Wildman–Crippen MR) is 91.9 cm³/mol. The van der Waals surface area contributed by atoms with Crippen LogP contribution in [-0.4, -0.2) is 58.0 Å². The summed E-state index contributed by atoms with van der Waals surface area (Å²) in [7, 11) is 2.05. The molecule has 2 aromatic rings. The summed E-state index contributed by atoms with van der Waals surface area (Å²) < 4.78 is 0. The number of hydrogen-bond donors (Lipinski definition) is 1. The van der Waals surface area contributed by atoms with Crippen LogP contribution in [-0.2, 0) is 0 Å². The highest BCUT2D eigenvalue weighted by Gasteiger charge is 2.25. The Balaban J connectivity index is 1.84. The first kappa shape index (κ1) is 16.6. The van der Waals surface area contributed by atoms with Crippen molar-refractivity contribution in [3.8, 4) is 0 Å².